The van der Waals surface area contributed by atoms with E-state index in [1.54, 1.807) is 23.5 Å². The number of nitrogens with zero attached hydrogens (tertiary/aromatic N) is 1. The highest BCUT2D eigenvalue weighted by molar-refractivity contribution is 9.10. The number of benzene rings is 1. The van der Waals surface area contributed by atoms with Gasteiger partial charge >= 0.3 is 0 Å². The summed E-state index contributed by atoms with van der Waals surface area (Å²) in [6, 6.07) is 7.27. The van der Waals surface area contributed by atoms with Crippen molar-refractivity contribution in [1.82, 2.24) is 4.90 Å². The van der Waals surface area contributed by atoms with E-state index in [0.717, 1.165) is 16.6 Å². The Morgan fingerprint density at radius 2 is 2.10 bits per heavy atom. The van der Waals surface area contributed by atoms with Crippen molar-refractivity contribution >= 4 is 43.2 Å². The van der Waals surface area contributed by atoms with Gasteiger partial charge in [0.2, 0.25) is 0 Å². The largest absolute Gasteiger partial charge is 0.329 e. The van der Waals surface area contributed by atoms with Crippen molar-refractivity contribution in [1.29, 1.82) is 0 Å². The molecular weight excluding hydrogens is 407 g/mol. The average Bonchev–Trinajstić information content (AvgIpc) is 2.80. The van der Waals surface area contributed by atoms with Gasteiger partial charge in [-0.25, -0.2) is 4.39 Å². The second kappa shape index (κ2) is 7.13. The first kappa shape index (κ1) is 16.1. The second-order valence-electron chi connectivity index (χ2n) is 4.57. The Labute approximate surface area is 139 Å². The van der Waals surface area contributed by atoms with E-state index in [-0.39, 0.29) is 11.9 Å². The van der Waals surface area contributed by atoms with Crippen molar-refractivity contribution in [3.8, 4) is 0 Å². The Bertz CT molecular complexity index is 588. The maximum atomic E-state index is 13.7. The molecule has 1 atom stereocenters. The summed E-state index contributed by atoms with van der Waals surface area (Å²) < 4.78 is 15.2. The summed E-state index contributed by atoms with van der Waals surface area (Å²) in [5.41, 5.74) is 6.77. The van der Waals surface area contributed by atoms with Crippen LogP contribution in [0.25, 0.3) is 0 Å². The molecule has 2 nitrogen and oxygen atoms in total. The standard InChI is InChI=1S/C14H15Br2FN2S/c1-19(7-11-5-10(15)8-20-11)14(6-18)9-2-3-12(16)13(17)4-9/h2-5,8,14H,6-7,18H2,1H3. The Morgan fingerprint density at radius 1 is 1.35 bits per heavy atom. The number of halogens is 3. The van der Waals surface area contributed by atoms with E-state index in [2.05, 4.69) is 48.2 Å². The van der Waals surface area contributed by atoms with Crippen molar-refractivity contribution < 1.29 is 4.39 Å². The minimum absolute atomic E-state index is 0.00141. The highest BCUT2D eigenvalue weighted by Gasteiger charge is 2.17. The highest BCUT2D eigenvalue weighted by atomic mass is 79.9. The first-order valence-electron chi connectivity index (χ1n) is 6.09. The fourth-order valence-electron chi connectivity index (χ4n) is 2.08. The van der Waals surface area contributed by atoms with E-state index in [4.69, 9.17) is 5.73 Å². The minimum Gasteiger partial charge on any atom is -0.329 e. The normalized spacial score (nSPS) is 12.9. The Kier molecular flexibility index (Phi) is 5.74. The summed E-state index contributed by atoms with van der Waals surface area (Å²) in [7, 11) is 2.01. The van der Waals surface area contributed by atoms with Crippen LogP contribution in [0.5, 0.6) is 0 Å². The van der Waals surface area contributed by atoms with Crippen LogP contribution >= 0.6 is 43.2 Å². The Balaban J connectivity index is 2.16. The molecule has 0 aliphatic rings. The molecule has 1 aromatic carbocycles. The quantitative estimate of drug-likeness (QED) is 0.767. The molecule has 0 bridgehead atoms. The van der Waals surface area contributed by atoms with Crippen LogP contribution in [0.4, 0.5) is 4.39 Å². The van der Waals surface area contributed by atoms with Gasteiger partial charge in [0.15, 0.2) is 0 Å². The molecule has 0 aliphatic heterocycles. The molecule has 6 heteroatoms. The zero-order chi connectivity index (χ0) is 14.7. The lowest BCUT2D eigenvalue weighted by Gasteiger charge is -2.27. The lowest BCUT2D eigenvalue weighted by Crippen LogP contribution is -2.30. The number of rotatable bonds is 5. The molecule has 2 N–H and O–H groups in total. The lowest BCUT2D eigenvalue weighted by atomic mass is 10.1. The van der Waals surface area contributed by atoms with E-state index in [1.807, 2.05) is 13.1 Å². The van der Waals surface area contributed by atoms with E-state index in [0.29, 0.717) is 11.0 Å². The molecule has 0 fully saturated rings. The fraction of sp³-hybridized carbons (Fsp3) is 0.286. The molecule has 1 aromatic heterocycles. The smallest absolute Gasteiger partial charge is 0.137 e. The monoisotopic (exact) mass is 420 g/mol. The Morgan fingerprint density at radius 3 is 2.65 bits per heavy atom. The van der Waals surface area contributed by atoms with Gasteiger partial charge in [-0.1, -0.05) is 6.07 Å². The first-order valence-corrected chi connectivity index (χ1v) is 8.56. The average molecular weight is 422 g/mol. The van der Waals surface area contributed by atoms with Gasteiger partial charge < -0.3 is 5.73 Å². The van der Waals surface area contributed by atoms with Crippen LogP contribution in [0.2, 0.25) is 0 Å². The third-order valence-electron chi connectivity index (χ3n) is 3.11. The highest BCUT2D eigenvalue weighted by Crippen LogP contribution is 2.27. The molecular formula is C14H15Br2FN2S. The van der Waals surface area contributed by atoms with Crippen molar-refractivity contribution in [2.75, 3.05) is 13.6 Å². The lowest BCUT2D eigenvalue weighted by molar-refractivity contribution is 0.243. The van der Waals surface area contributed by atoms with Gasteiger partial charge in [0.25, 0.3) is 0 Å². The van der Waals surface area contributed by atoms with Gasteiger partial charge in [-0.15, -0.1) is 11.3 Å². The van der Waals surface area contributed by atoms with Crippen LogP contribution < -0.4 is 5.73 Å². The molecule has 1 unspecified atom stereocenters. The molecule has 2 rings (SSSR count). The van der Waals surface area contributed by atoms with Crippen LogP contribution in [-0.2, 0) is 6.54 Å². The van der Waals surface area contributed by atoms with E-state index in [1.165, 1.54) is 4.88 Å². The third-order valence-corrected chi connectivity index (χ3v) is 5.44. The molecule has 0 saturated heterocycles. The molecule has 0 amide bonds. The van der Waals surface area contributed by atoms with E-state index in [9.17, 15) is 4.39 Å². The molecule has 2 aromatic rings. The summed E-state index contributed by atoms with van der Waals surface area (Å²) >= 11 is 8.32. The second-order valence-corrected chi connectivity index (χ2v) is 7.34. The molecule has 0 radical (unpaired) electrons. The number of hydrogen-bond donors (Lipinski definition) is 1. The van der Waals surface area contributed by atoms with Crippen LogP contribution in [0.1, 0.15) is 16.5 Å². The van der Waals surface area contributed by atoms with Gasteiger partial charge in [0.05, 0.1) is 4.47 Å². The van der Waals surface area contributed by atoms with Gasteiger partial charge in [-0.2, -0.15) is 0 Å². The molecule has 0 aliphatic carbocycles. The zero-order valence-electron chi connectivity index (χ0n) is 10.9. The summed E-state index contributed by atoms with van der Waals surface area (Å²) in [6.07, 6.45) is 0. The maximum Gasteiger partial charge on any atom is 0.137 e. The predicted octanol–water partition coefficient (Wildman–Crippen LogP) is 4.54. The van der Waals surface area contributed by atoms with E-state index >= 15 is 0 Å². The molecule has 0 saturated carbocycles. The number of likely N-dealkylation sites (N-methyl/N-ethyl adjacent to an activating group) is 1. The van der Waals surface area contributed by atoms with Crippen molar-refractivity contribution in [2.45, 2.75) is 12.6 Å². The summed E-state index contributed by atoms with van der Waals surface area (Å²) in [5.74, 6) is -0.256. The molecule has 20 heavy (non-hydrogen) atoms. The maximum absolute atomic E-state index is 13.7. The molecule has 0 spiro atoms. The summed E-state index contributed by atoms with van der Waals surface area (Å²) in [4.78, 5) is 3.39. The van der Waals surface area contributed by atoms with Gasteiger partial charge in [-0.3, -0.25) is 4.90 Å². The SMILES string of the molecule is CN(Cc1cc(Br)cs1)C(CN)c1ccc(Br)c(F)c1. The first-order chi connectivity index (χ1) is 9.51. The predicted molar refractivity (Wildman–Crippen MR) is 89.4 cm³/mol. The molecule has 108 valence electrons. The van der Waals surface area contributed by atoms with Crippen LogP contribution in [-0.4, -0.2) is 18.5 Å². The van der Waals surface area contributed by atoms with E-state index < -0.39 is 0 Å². The summed E-state index contributed by atoms with van der Waals surface area (Å²) in [5, 5.41) is 2.06. The van der Waals surface area contributed by atoms with Crippen LogP contribution in [0.15, 0.2) is 38.6 Å². The fourth-order valence-corrected chi connectivity index (χ4v) is 3.84. The number of thiophene rings is 1. The third kappa shape index (κ3) is 3.89. The zero-order valence-corrected chi connectivity index (χ0v) is 14.9. The molecule has 1 heterocycles. The van der Waals surface area contributed by atoms with Crippen LogP contribution in [0.3, 0.4) is 0 Å². The van der Waals surface area contributed by atoms with Crippen molar-refractivity contribution in [3.63, 3.8) is 0 Å². The van der Waals surface area contributed by atoms with Gasteiger partial charge in [-0.05, 0) is 62.7 Å². The minimum atomic E-state index is -0.256. The van der Waals surface area contributed by atoms with Crippen molar-refractivity contribution in [3.05, 3.63) is 54.8 Å². The topological polar surface area (TPSA) is 29.3 Å². The van der Waals surface area contributed by atoms with Crippen LogP contribution in [0, 0.1) is 5.82 Å². The van der Waals surface area contributed by atoms with Crippen molar-refractivity contribution in [2.24, 2.45) is 5.73 Å². The summed E-state index contributed by atoms with van der Waals surface area (Å²) in [6.45, 7) is 1.24. The number of nitrogens with two attached hydrogens (primary N) is 1. The van der Waals surface area contributed by atoms with Gasteiger partial charge in [0, 0.05) is 33.9 Å². The number of hydrogen-bond acceptors (Lipinski definition) is 3. The van der Waals surface area contributed by atoms with Gasteiger partial charge in [0.1, 0.15) is 5.82 Å². The Hall–Kier alpha value is -0.270.